The zero-order valence-corrected chi connectivity index (χ0v) is 18.9. The van der Waals surface area contributed by atoms with Crippen molar-refractivity contribution >= 4 is 11.6 Å². The van der Waals surface area contributed by atoms with Gasteiger partial charge in [0, 0.05) is 56.4 Å². The fraction of sp³-hybridized carbons (Fsp3) is 0.333. The third-order valence-corrected chi connectivity index (χ3v) is 6.94. The molecule has 3 atom stereocenters. The van der Waals surface area contributed by atoms with E-state index in [1.165, 1.54) is 10.9 Å². The highest BCUT2D eigenvalue weighted by Gasteiger charge is 2.43. The molecular formula is C24H23F2N7O2. The number of aromatic nitrogens is 3. The standard InChI is InChI=1S/C24H23F2N7O2/c1-35-16-2-3-17(22(6-16)33-28-4-5-29-33)24(34)32-12-14-10-31(11-15(14)13-32)23-9-27-20-7-18(25)19(26)8-21(20)30-23/h2-9,14-15,20,27H,10-13H2,1H3. The number of carbonyl (C=O) groups is 1. The Balaban J connectivity index is 1.16. The molecule has 9 nitrogen and oxygen atoms in total. The maximum absolute atomic E-state index is 13.7. The summed E-state index contributed by atoms with van der Waals surface area (Å²) in [5.41, 5.74) is 1.54. The van der Waals surface area contributed by atoms with Crippen molar-refractivity contribution in [3.05, 3.63) is 72.0 Å². The second-order valence-electron chi connectivity index (χ2n) is 9.03. The molecule has 0 spiro atoms. The first-order valence-corrected chi connectivity index (χ1v) is 11.4. The first-order valence-electron chi connectivity index (χ1n) is 11.4. The maximum atomic E-state index is 13.7. The first-order chi connectivity index (χ1) is 17.0. The van der Waals surface area contributed by atoms with Crippen LogP contribution in [0.3, 0.4) is 0 Å². The highest BCUT2D eigenvalue weighted by Crippen LogP contribution is 2.35. The molecule has 2 aromatic rings. The molecule has 2 fully saturated rings. The van der Waals surface area contributed by atoms with E-state index in [0.29, 0.717) is 53.5 Å². The van der Waals surface area contributed by atoms with Gasteiger partial charge in [-0.1, -0.05) is 0 Å². The smallest absolute Gasteiger partial charge is 0.256 e. The van der Waals surface area contributed by atoms with Crippen LogP contribution in [-0.4, -0.2) is 75.7 Å². The van der Waals surface area contributed by atoms with Gasteiger partial charge >= 0.3 is 0 Å². The summed E-state index contributed by atoms with van der Waals surface area (Å²) in [6.45, 7) is 2.72. The average Bonchev–Trinajstić information content (AvgIpc) is 3.61. The summed E-state index contributed by atoms with van der Waals surface area (Å²) in [4.78, 5) is 23.5. The maximum Gasteiger partial charge on any atom is 0.256 e. The van der Waals surface area contributed by atoms with E-state index in [1.807, 2.05) is 4.90 Å². The minimum Gasteiger partial charge on any atom is -0.497 e. The van der Waals surface area contributed by atoms with Crippen molar-refractivity contribution < 1.29 is 18.3 Å². The summed E-state index contributed by atoms with van der Waals surface area (Å²) in [7, 11) is 1.57. The van der Waals surface area contributed by atoms with Gasteiger partial charge in [-0.05, 0) is 18.2 Å². The number of fused-ring (bicyclic) bond motifs is 2. The molecule has 0 saturated carbocycles. The zero-order chi connectivity index (χ0) is 24.1. The Morgan fingerprint density at radius 2 is 1.83 bits per heavy atom. The van der Waals surface area contributed by atoms with Crippen LogP contribution in [0.1, 0.15) is 10.4 Å². The fourth-order valence-corrected chi connectivity index (χ4v) is 5.17. The van der Waals surface area contributed by atoms with Crippen LogP contribution in [0.25, 0.3) is 5.69 Å². The van der Waals surface area contributed by atoms with E-state index >= 15 is 0 Å². The van der Waals surface area contributed by atoms with Crippen molar-refractivity contribution in [1.82, 2.24) is 30.1 Å². The lowest BCUT2D eigenvalue weighted by molar-refractivity contribution is 0.0776. The first kappa shape index (κ1) is 21.5. The monoisotopic (exact) mass is 479 g/mol. The number of aliphatic imine (C=N–C) groups is 1. The Morgan fingerprint density at radius 1 is 1.09 bits per heavy atom. The minimum absolute atomic E-state index is 0.0702. The van der Waals surface area contributed by atoms with E-state index < -0.39 is 17.7 Å². The van der Waals surface area contributed by atoms with E-state index in [0.717, 1.165) is 19.2 Å². The Kier molecular flexibility index (Phi) is 5.12. The van der Waals surface area contributed by atoms with Crippen molar-refractivity contribution in [2.75, 3.05) is 33.3 Å². The molecule has 35 heavy (non-hydrogen) atoms. The van der Waals surface area contributed by atoms with E-state index in [-0.39, 0.29) is 5.91 Å². The Bertz CT molecular complexity index is 1290. The van der Waals surface area contributed by atoms with Crippen LogP contribution in [0, 0.1) is 11.8 Å². The molecule has 2 saturated heterocycles. The van der Waals surface area contributed by atoms with Crippen molar-refractivity contribution in [2.24, 2.45) is 16.8 Å². The van der Waals surface area contributed by atoms with E-state index in [1.54, 1.807) is 43.9 Å². The van der Waals surface area contributed by atoms with Gasteiger partial charge < -0.3 is 19.9 Å². The number of nitrogens with one attached hydrogen (secondary N) is 1. The topological polar surface area (TPSA) is 87.9 Å². The van der Waals surface area contributed by atoms with Gasteiger partial charge in [0.2, 0.25) is 0 Å². The molecule has 1 aliphatic carbocycles. The van der Waals surface area contributed by atoms with E-state index in [4.69, 9.17) is 4.74 Å². The predicted molar refractivity (Wildman–Crippen MR) is 123 cm³/mol. The molecule has 1 amide bonds. The third kappa shape index (κ3) is 3.76. The Labute approximate surface area is 200 Å². The lowest BCUT2D eigenvalue weighted by Crippen LogP contribution is -2.39. The van der Waals surface area contributed by atoms with Gasteiger partial charge in [0.25, 0.3) is 5.91 Å². The number of likely N-dealkylation sites (tertiary alicyclic amines) is 2. The van der Waals surface area contributed by atoms with Gasteiger partial charge in [0.05, 0.1) is 36.8 Å². The largest absolute Gasteiger partial charge is 0.497 e. The average molecular weight is 479 g/mol. The normalized spacial score (nSPS) is 25.2. The molecule has 180 valence electrons. The Hall–Kier alpha value is -4.02. The molecule has 6 rings (SSSR count). The Morgan fingerprint density at radius 3 is 2.54 bits per heavy atom. The quantitative estimate of drug-likeness (QED) is 0.724. The number of methoxy groups -OCH3 is 1. The number of rotatable bonds is 4. The number of carbonyl (C=O) groups excluding carboxylic acids is 1. The number of benzene rings is 1. The number of halogens is 2. The summed E-state index contributed by atoms with van der Waals surface area (Å²) in [6, 6.07) is 4.80. The molecular weight excluding hydrogens is 456 g/mol. The van der Waals surface area contributed by atoms with Crippen LogP contribution < -0.4 is 10.1 Å². The van der Waals surface area contributed by atoms with Crippen LogP contribution in [0.2, 0.25) is 0 Å². The lowest BCUT2D eigenvalue weighted by Gasteiger charge is -2.28. The van der Waals surface area contributed by atoms with Crippen LogP contribution >= 0.6 is 0 Å². The van der Waals surface area contributed by atoms with Crippen LogP contribution in [0.4, 0.5) is 8.78 Å². The van der Waals surface area contributed by atoms with Crippen LogP contribution in [0.5, 0.6) is 5.75 Å². The molecule has 1 aromatic carbocycles. The van der Waals surface area contributed by atoms with Gasteiger partial charge in [0.1, 0.15) is 17.3 Å². The van der Waals surface area contributed by atoms with Gasteiger partial charge in [0.15, 0.2) is 11.7 Å². The second kappa shape index (κ2) is 8.33. The number of allylic oxidation sites excluding steroid dienone is 2. The molecule has 3 aliphatic heterocycles. The molecule has 1 aromatic heterocycles. The van der Waals surface area contributed by atoms with Crippen molar-refractivity contribution in [3.8, 4) is 11.4 Å². The van der Waals surface area contributed by atoms with Crippen molar-refractivity contribution in [2.45, 2.75) is 6.04 Å². The van der Waals surface area contributed by atoms with E-state index in [9.17, 15) is 13.6 Å². The number of hydrogen-bond donors (Lipinski definition) is 1. The predicted octanol–water partition coefficient (Wildman–Crippen LogP) is 2.21. The summed E-state index contributed by atoms with van der Waals surface area (Å²) in [5, 5.41) is 11.5. The van der Waals surface area contributed by atoms with Gasteiger partial charge in [-0.25, -0.2) is 13.8 Å². The van der Waals surface area contributed by atoms with Gasteiger partial charge in [-0.3, -0.25) is 4.79 Å². The van der Waals surface area contributed by atoms with Crippen molar-refractivity contribution in [1.29, 1.82) is 0 Å². The lowest BCUT2D eigenvalue weighted by atomic mass is 10.0. The number of amides is 1. The summed E-state index contributed by atoms with van der Waals surface area (Å²) in [5.74, 6) is 0.0500. The molecule has 4 heterocycles. The summed E-state index contributed by atoms with van der Waals surface area (Å²) < 4.78 is 32.5. The molecule has 3 unspecified atom stereocenters. The number of hydrogen-bond acceptors (Lipinski definition) is 7. The highest BCUT2D eigenvalue weighted by atomic mass is 19.2. The van der Waals surface area contributed by atoms with Crippen LogP contribution in [-0.2, 0) is 0 Å². The summed E-state index contributed by atoms with van der Waals surface area (Å²) >= 11 is 0. The number of ether oxygens (including phenoxy) is 1. The zero-order valence-electron chi connectivity index (χ0n) is 18.9. The highest BCUT2D eigenvalue weighted by molar-refractivity contribution is 6.03. The van der Waals surface area contributed by atoms with Crippen LogP contribution in [0.15, 0.2) is 71.4 Å². The minimum atomic E-state index is -0.904. The molecule has 0 bridgehead atoms. The summed E-state index contributed by atoms with van der Waals surface area (Å²) in [6.07, 6.45) is 7.20. The van der Waals surface area contributed by atoms with Gasteiger partial charge in [-0.2, -0.15) is 15.0 Å². The number of nitrogens with zero attached hydrogens (tertiary/aromatic N) is 6. The van der Waals surface area contributed by atoms with E-state index in [2.05, 4.69) is 25.4 Å². The van der Waals surface area contributed by atoms with Crippen molar-refractivity contribution in [3.63, 3.8) is 0 Å². The molecule has 1 N–H and O–H groups in total. The molecule has 4 aliphatic rings. The molecule has 0 radical (unpaired) electrons. The SMILES string of the molecule is COc1ccc(C(=O)N2CC3CN(C4=CNC5C=C(F)C(F)=CC5=N4)CC3C2)c(-n2nccn2)c1. The third-order valence-electron chi connectivity index (χ3n) is 6.94. The van der Waals surface area contributed by atoms with Gasteiger partial charge in [-0.15, -0.1) is 0 Å². The second-order valence-corrected chi connectivity index (χ2v) is 9.03. The fourth-order valence-electron chi connectivity index (χ4n) is 5.17. The molecule has 11 heteroatoms.